The van der Waals surface area contributed by atoms with Gasteiger partial charge < -0.3 is 0 Å². The normalized spacial score (nSPS) is 8.09. The summed E-state index contributed by atoms with van der Waals surface area (Å²) in [5.41, 5.74) is 0.214. The van der Waals surface area contributed by atoms with Gasteiger partial charge in [-0.05, 0) is 6.92 Å². The van der Waals surface area contributed by atoms with E-state index in [9.17, 15) is 9.59 Å². The molecule has 0 aromatic heterocycles. The molecule has 0 bridgehead atoms. The van der Waals surface area contributed by atoms with Crippen LogP contribution in [0.4, 0.5) is 4.79 Å². The smallest absolute Gasteiger partial charge is 0.298 e. The Morgan fingerprint density at radius 2 is 2.09 bits per heavy atom. The van der Waals surface area contributed by atoms with E-state index in [0.717, 1.165) is 0 Å². The van der Waals surface area contributed by atoms with Crippen LogP contribution in [0.5, 0.6) is 0 Å². The molecule has 0 aromatic rings. The molecule has 0 atom stereocenters. The number of hydrogen-bond donors (Lipinski definition) is 1. The van der Waals surface area contributed by atoms with Crippen LogP contribution in [-0.4, -0.2) is 18.7 Å². The van der Waals surface area contributed by atoms with E-state index in [0.29, 0.717) is 0 Å². The maximum absolute atomic E-state index is 10.7. The summed E-state index contributed by atoms with van der Waals surface area (Å²) in [6.07, 6.45) is -0.965. The van der Waals surface area contributed by atoms with Gasteiger partial charge in [-0.15, -0.1) is 0 Å². The Hall–Kier alpha value is -1.65. The molecule has 0 unspecified atom stereocenters. The molecular formula is C6H8N2O3. The monoisotopic (exact) mass is 156 g/mol. The van der Waals surface area contributed by atoms with Crippen LogP contribution in [0.1, 0.15) is 6.92 Å². The lowest BCUT2D eigenvalue weighted by molar-refractivity contribution is -0.116. The maximum atomic E-state index is 10.7. The van der Waals surface area contributed by atoms with Crippen molar-refractivity contribution in [2.45, 2.75) is 6.92 Å². The van der Waals surface area contributed by atoms with Crippen LogP contribution in [0.15, 0.2) is 17.3 Å². The molecule has 60 valence electrons. The second-order valence-corrected chi connectivity index (χ2v) is 1.74. The van der Waals surface area contributed by atoms with E-state index in [-0.39, 0.29) is 5.57 Å². The molecule has 0 saturated heterocycles. The average molecular weight is 156 g/mol. The van der Waals surface area contributed by atoms with E-state index in [1.807, 2.05) is 5.32 Å². The first-order valence-corrected chi connectivity index (χ1v) is 2.71. The Bertz CT molecular complexity index is 210. The topological polar surface area (TPSA) is 67.8 Å². The van der Waals surface area contributed by atoms with Crippen LogP contribution >= 0.6 is 0 Å². The second kappa shape index (κ2) is 4.21. The van der Waals surface area contributed by atoms with Gasteiger partial charge in [-0.3, -0.25) is 14.9 Å². The van der Waals surface area contributed by atoms with Crippen LogP contribution in [0.3, 0.4) is 0 Å². The van der Waals surface area contributed by atoms with Gasteiger partial charge in [-0.25, -0.2) is 4.79 Å². The molecule has 0 radical (unpaired) electrons. The van der Waals surface area contributed by atoms with Crippen molar-refractivity contribution in [2.75, 3.05) is 0 Å². The zero-order chi connectivity index (χ0) is 8.85. The number of nitrogens with zero attached hydrogens (tertiary/aromatic N) is 1. The zero-order valence-corrected chi connectivity index (χ0v) is 6.09. The largest absolute Gasteiger partial charge is 0.440 e. The first kappa shape index (κ1) is 9.35. The predicted molar refractivity (Wildman–Crippen MR) is 39.0 cm³/mol. The third-order valence-electron chi connectivity index (χ3n) is 0.751. The summed E-state index contributed by atoms with van der Waals surface area (Å²) < 4.78 is 0. The molecule has 1 N–H and O–H groups in total. The van der Waals surface area contributed by atoms with Gasteiger partial charge in [0.15, 0.2) is 0 Å². The maximum Gasteiger partial charge on any atom is 0.440 e. The Kier molecular flexibility index (Phi) is 3.58. The van der Waals surface area contributed by atoms with E-state index >= 15 is 0 Å². The van der Waals surface area contributed by atoms with Crippen molar-refractivity contribution in [2.24, 2.45) is 5.16 Å². The van der Waals surface area contributed by atoms with Crippen LogP contribution in [-0.2, 0) is 9.63 Å². The van der Waals surface area contributed by atoms with Gasteiger partial charge in [0.1, 0.15) is 0 Å². The Morgan fingerprint density at radius 1 is 1.55 bits per heavy atom. The molecule has 0 spiro atoms. The average Bonchev–Trinajstić information content (AvgIpc) is 1.87. The summed E-state index contributed by atoms with van der Waals surface area (Å²) in [6.45, 7) is 7.65. The zero-order valence-electron chi connectivity index (χ0n) is 6.09. The third kappa shape index (κ3) is 3.85. The summed E-state index contributed by atoms with van der Waals surface area (Å²) in [5, 5.41) is 4.65. The Labute approximate surface area is 63.7 Å². The van der Waals surface area contributed by atoms with Crippen LogP contribution < -0.4 is 5.32 Å². The number of imide groups is 1. The van der Waals surface area contributed by atoms with E-state index in [4.69, 9.17) is 0 Å². The minimum Gasteiger partial charge on any atom is -0.298 e. The highest BCUT2D eigenvalue weighted by molar-refractivity contribution is 6.01. The first-order chi connectivity index (χ1) is 5.07. The van der Waals surface area contributed by atoms with Crippen molar-refractivity contribution in [1.82, 2.24) is 5.32 Å². The molecule has 2 amide bonds. The van der Waals surface area contributed by atoms with E-state index in [1.54, 1.807) is 0 Å². The lowest BCUT2D eigenvalue weighted by Crippen LogP contribution is -2.30. The van der Waals surface area contributed by atoms with Crippen molar-refractivity contribution < 1.29 is 14.4 Å². The molecule has 0 aliphatic rings. The second-order valence-electron chi connectivity index (χ2n) is 1.74. The molecule has 0 aliphatic heterocycles. The fourth-order valence-corrected chi connectivity index (χ4v) is 0.281. The van der Waals surface area contributed by atoms with Crippen LogP contribution in [0.25, 0.3) is 0 Å². The fraction of sp³-hybridized carbons (Fsp3) is 0.167. The number of nitrogens with one attached hydrogen (secondary N) is 1. The van der Waals surface area contributed by atoms with Gasteiger partial charge in [0, 0.05) is 12.3 Å². The lowest BCUT2D eigenvalue weighted by Gasteiger charge is -1.98. The molecule has 0 heterocycles. The first-order valence-electron chi connectivity index (χ1n) is 2.71. The van der Waals surface area contributed by atoms with Crippen molar-refractivity contribution in [3.63, 3.8) is 0 Å². The Balaban J connectivity index is 3.85. The Morgan fingerprint density at radius 3 is 2.45 bits per heavy atom. The van der Waals surface area contributed by atoms with Crippen molar-refractivity contribution >= 4 is 18.7 Å². The molecule has 5 nitrogen and oxygen atoms in total. The van der Waals surface area contributed by atoms with E-state index < -0.39 is 12.0 Å². The predicted octanol–water partition coefficient (Wildman–Crippen LogP) is 0.431. The van der Waals surface area contributed by atoms with Crippen LogP contribution in [0.2, 0.25) is 0 Å². The van der Waals surface area contributed by atoms with E-state index in [2.05, 4.69) is 23.3 Å². The third-order valence-corrected chi connectivity index (χ3v) is 0.751. The van der Waals surface area contributed by atoms with Crippen molar-refractivity contribution in [3.8, 4) is 0 Å². The highest BCUT2D eigenvalue weighted by Gasteiger charge is 2.07. The van der Waals surface area contributed by atoms with Gasteiger partial charge in [-0.2, -0.15) is 0 Å². The SMILES string of the molecule is C=NOC(=O)NC(=O)C(=C)C. The van der Waals surface area contributed by atoms with Crippen LogP contribution in [0, 0.1) is 0 Å². The van der Waals surface area contributed by atoms with Gasteiger partial charge in [0.2, 0.25) is 0 Å². The van der Waals surface area contributed by atoms with Crippen molar-refractivity contribution in [3.05, 3.63) is 12.2 Å². The number of amides is 2. The molecule has 0 rings (SSSR count). The van der Waals surface area contributed by atoms with Gasteiger partial charge in [0.25, 0.3) is 5.91 Å². The standard InChI is InChI=1S/C6H8N2O3/c1-4(2)5(9)8-6(10)11-7-3/h1,3H2,2H3,(H,8,9,10). The number of carbonyl (C=O) groups is 2. The fourth-order valence-electron chi connectivity index (χ4n) is 0.281. The molecule has 11 heavy (non-hydrogen) atoms. The summed E-state index contributed by atoms with van der Waals surface area (Å²) in [5.74, 6) is -0.598. The highest BCUT2D eigenvalue weighted by atomic mass is 16.7. The van der Waals surface area contributed by atoms with Gasteiger partial charge in [0.05, 0.1) is 0 Å². The summed E-state index contributed by atoms with van der Waals surface area (Å²) in [4.78, 5) is 25.0. The van der Waals surface area contributed by atoms with Crippen molar-refractivity contribution in [1.29, 1.82) is 0 Å². The van der Waals surface area contributed by atoms with E-state index in [1.165, 1.54) is 6.92 Å². The highest BCUT2D eigenvalue weighted by Crippen LogP contribution is 1.86. The number of hydrogen-bond acceptors (Lipinski definition) is 4. The summed E-state index contributed by atoms with van der Waals surface area (Å²) in [7, 11) is 0. The molecule has 0 aromatic carbocycles. The van der Waals surface area contributed by atoms with Gasteiger partial charge >= 0.3 is 6.09 Å². The molecule has 5 heteroatoms. The molecule has 0 fully saturated rings. The number of rotatable bonds is 2. The minimum absolute atomic E-state index is 0.214. The summed E-state index contributed by atoms with van der Waals surface area (Å²) in [6, 6.07) is 0. The molecule has 0 aliphatic carbocycles. The minimum atomic E-state index is -0.965. The molecular weight excluding hydrogens is 148 g/mol. The number of oxime groups is 1. The quantitative estimate of drug-likeness (QED) is 0.273. The van der Waals surface area contributed by atoms with Gasteiger partial charge in [-0.1, -0.05) is 11.7 Å². The molecule has 0 saturated carbocycles. The number of carbonyl (C=O) groups excluding carboxylic acids is 2. The lowest BCUT2D eigenvalue weighted by atomic mass is 10.3. The summed E-state index contributed by atoms with van der Waals surface area (Å²) >= 11 is 0.